The molecule has 0 amide bonds. The van der Waals surface area contributed by atoms with Gasteiger partial charge >= 0.3 is 5.97 Å². The standard InChI is InChI=1S/C27H42O2/c1-3-4-5-6-7-8-22-11-15-23(16-12-22)24-17-19-26(20-18-24)29-27(28)25-13-9-21(2)10-14-25/h17-23,25H,3-16H2,1-2H3. The van der Waals surface area contributed by atoms with Crippen LogP contribution >= 0.6 is 0 Å². The third-order valence-electron chi connectivity index (χ3n) is 7.48. The van der Waals surface area contributed by atoms with Gasteiger partial charge in [-0.1, -0.05) is 64.5 Å². The monoisotopic (exact) mass is 398 g/mol. The molecule has 162 valence electrons. The maximum Gasteiger partial charge on any atom is 0.314 e. The average molecular weight is 399 g/mol. The molecule has 0 radical (unpaired) electrons. The van der Waals surface area contributed by atoms with Crippen molar-refractivity contribution in [2.45, 2.75) is 110 Å². The molecule has 0 unspecified atom stereocenters. The number of hydrogen-bond donors (Lipinski definition) is 0. The molecule has 0 N–H and O–H groups in total. The second kappa shape index (κ2) is 11.8. The van der Waals surface area contributed by atoms with E-state index in [2.05, 4.69) is 26.0 Å². The van der Waals surface area contributed by atoms with Gasteiger partial charge < -0.3 is 4.74 Å². The Morgan fingerprint density at radius 3 is 2.17 bits per heavy atom. The van der Waals surface area contributed by atoms with E-state index in [1.165, 1.54) is 69.8 Å². The van der Waals surface area contributed by atoms with Gasteiger partial charge in [-0.15, -0.1) is 0 Å². The lowest BCUT2D eigenvalue weighted by Gasteiger charge is -2.29. The fraction of sp³-hybridized carbons (Fsp3) is 0.741. The van der Waals surface area contributed by atoms with E-state index >= 15 is 0 Å². The van der Waals surface area contributed by atoms with Crippen molar-refractivity contribution in [3.63, 3.8) is 0 Å². The van der Waals surface area contributed by atoms with Crippen LogP contribution < -0.4 is 4.74 Å². The van der Waals surface area contributed by atoms with Gasteiger partial charge in [-0.3, -0.25) is 4.79 Å². The Balaban J connectivity index is 1.38. The van der Waals surface area contributed by atoms with Crippen LogP contribution in [0.1, 0.15) is 115 Å². The fourth-order valence-corrected chi connectivity index (χ4v) is 5.32. The predicted octanol–water partition coefficient (Wildman–Crippen LogP) is 8.05. The molecule has 0 spiro atoms. The highest BCUT2D eigenvalue weighted by Crippen LogP contribution is 2.38. The summed E-state index contributed by atoms with van der Waals surface area (Å²) in [4.78, 5) is 12.4. The Kier molecular flexibility index (Phi) is 9.08. The van der Waals surface area contributed by atoms with Crippen LogP contribution in [-0.2, 0) is 4.79 Å². The summed E-state index contributed by atoms with van der Waals surface area (Å²) in [6.07, 6.45) is 18.1. The first-order valence-electron chi connectivity index (χ1n) is 12.5. The van der Waals surface area contributed by atoms with Gasteiger partial charge in [0.1, 0.15) is 5.75 Å². The first-order valence-corrected chi connectivity index (χ1v) is 12.5. The number of carbonyl (C=O) groups excluding carboxylic acids is 1. The van der Waals surface area contributed by atoms with Crippen molar-refractivity contribution in [3.05, 3.63) is 29.8 Å². The van der Waals surface area contributed by atoms with Gasteiger partial charge in [0.05, 0.1) is 5.92 Å². The Labute approximate surface area is 178 Å². The Hall–Kier alpha value is -1.31. The molecule has 2 heteroatoms. The van der Waals surface area contributed by atoms with Crippen molar-refractivity contribution in [3.8, 4) is 5.75 Å². The zero-order valence-electron chi connectivity index (χ0n) is 18.8. The smallest absolute Gasteiger partial charge is 0.314 e. The van der Waals surface area contributed by atoms with Crippen LogP contribution in [0.25, 0.3) is 0 Å². The van der Waals surface area contributed by atoms with Crippen molar-refractivity contribution in [2.24, 2.45) is 17.8 Å². The Morgan fingerprint density at radius 2 is 1.52 bits per heavy atom. The van der Waals surface area contributed by atoms with Gasteiger partial charge in [0.2, 0.25) is 0 Å². The van der Waals surface area contributed by atoms with Gasteiger partial charge in [-0.05, 0) is 86.8 Å². The molecule has 0 atom stereocenters. The van der Waals surface area contributed by atoms with Crippen molar-refractivity contribution in [1.82, 2.24) is 0 Å². The van der Waals surface area contributed by atoms with E-state index in [4.69, 9.17) is 4.74 Å². The summed E-state index contributed by atoms with van der Waals surface area (Å²) in [6, 6.07) is 8.42. The molecule has 0 aromatic heterocycles. The number of ether oxygens (including phenoxy) is 1. The number of unbranched alkanes of at least 4 members (excludes halogenated alkanes) is 4. The molecule has 2 aliphatic rings. The number of hydrogen-bond acceptors (Lipinski definition) is 2. The summed E-state index contributed by atoms with van der Waals surface area (Å²) >= 11 is 0. The van der Waals surface area contributed by atoms with Crippen molar-refractivity contribution < 1.29 is 9.53 Å². The van der Waals surface area contributed by atoms with Gasteiger partial charge in [0, 0.05) is 0 Å². The summed E-state index contributed by atoms with van der Waals surface area (Å²) in [7, 11) is 0. The molecule has 2 nitrogen and oxygen atoms in total. The third kappa shape index (κ3) is 7.15. The van der Waals surface area contributed by atoms with E-state index < -0.39 is 0 Å². The molecule has 3 rings (SSSR count). The Morgan fingerprint density at radius 1 is 0.862 bits per heavy atom. The summed E-state index contributed by atoms with van der Waals surface area (Å²) in [5.74, 6) is 3.20. The number of benzene rings is 1. The molecular weight excluding hydrogens is 356 g/mol. The zero-order valence-corrected chi connectivity index (χ0v) is 18.8. The molecular formula is C27H42O2. The van der Waals surface area contributed by atoms with E-state index in [0.29, 0.717) is 5.92 Å². The largest absolute Gasteiger partial charge is 0.426 e. The molecule has 29 heavy (non-hydrogen) atoms. The summed E-state index contributed by atoms with van der Waals surface area (Å²) in [6.45, 7) is 4.57. The number of esters is 1. The molecule has 0 aliphatic heterocycles. The minimum atomic E-state index is -0.0240. The number of carbonyl (C=O) groups is 1. The SMILES string of the molecule is CCCCCCCC1CCC(c2ccc(OC(=O)C3CCC(C)CC3)cc2)CC1. The van der Waals surface area contributed by atoms with Crippen LogP contribution in [0.15, 0.2) is 24.3 Å². The zero-order chi connectivity index (χ0) is 20.5. The van der Waals surface area contributed by atoms with Crippen LogP contribution in [0.5, 0.6) is 5.75 Å². The molecule has 0 saturated heterocycles. The van der Waals surface area contributed by atoms with E-state index in [9.17, 15) is 4.79 Å². The van der Waals surface area contributed by atoms with Crippen LogP contribution in [0, 0.1) is 17.8 Å². The second-order valence-electron chi connectivity index (χ2n) is 9.87. The van der Waals surface area contributed by atoms with Crippen molar-refractivity contribution in [2.75, 3.05) is 0 Å². The maximum atomic E-state index is 12.4. The summed E-state index contributed by atoms with van der Waals surface area (Å²) in [5, 5.41) is 0. The maximum absolute atomic E-state index is 12.4. The highest BCUT2D eigenvalue weighted by atomic mass is 16.5. The van der Waals surface area contributed by atoms with Crippen LogP contribution in [-0.4, -0.2) is 5.97 Å². The van der Waals surface area contributed by atoms with Gasteiger partial charge in [-0.25, -0.2) is 0 Å². The highest BCUT2D eigenvalue weighted by molar-refractivity contribution is 5.75. The molecule has 1 aromatic carbocycles. The van der Waals surface area contributed by atoms with Crippen molar-refractivity contribution in [1.29, 1.82) is 0 Å². The van der Waals surface area contributed by atoms with Crippen LogP contribution in [0.2, 0.25) is 0 Å². The van der Waals surface area contributed by atoms with Gasteiger partial charge in [0.15, 0.2) is 0 Å². The minimum Gasteiger partial charge on any atom is -0.426 e. The first kappa shape index (κ1) is 22.4. The normalized spacial score (nSPS) is 27.5. The lowest BCUT2D eigenvalue weighted by atomic mass is 9.77. The quantitative estimate of drug-likeness (QED) is 0.239. The second-order valence-corrected chi connectivity index (χ2v) is 9.87. The van der Waals surface area contributed by atoms with E-state index in [0.717, 1.165) is 43.3 Å². The summed E-state index contributed by atoms with van der Waals surface area (Å²) < 4.78 is 5.68. The fourth-order valence-electron chi connectivity index (χ4n) is 5.32. The molecule has 1 aromatic rings. The van der Waals surface area contributed by atoms with Gasteiger partial charge in [-0.2, -0.15) is 0 Å². The minimum absolute atomic E-state index is 0.0240. The predicted molar refractivity (Wildman–Crippen MR) is 121 cm³/mol. The molecule has 0 bridgehead atoms. The molecule has 0 heterocycles. The molecule has 2 aliphatic carbocycles. The molecule has 2 fully saturated rings. The topological polar surface area (TPSA) is 26.3 Å². The highest BCUT2D eigenvalue weighted by Gasteiger charge is 2.26. The lowest BCUT2D eigenvalue weighted by Crippen LogP contribution is -2.24. The van der Waals surface area contributed by atoms with Gasteiger partial charge in [0.25, 0.3) is 0 Å². The molecule has 2 saturated carbocycles. The third-order valence-corrected chi connectivity index (χ3v) is 7.48. The first-order chi connectivity index (χ1) is 14.2. The Bertz CT molecular complexity index is 589. The van der Waals surface area contributed by atoms with E-state index in [1.807, 2.05) is 12.1 Å². The van der Waals surface area contributed by atoms with E-state index in [-0.39, 0.29) is 11.9 Å². The van der Waals surface area contributed by atoms with Crippen LogP contribution in [0.4, 0.5) is 0 Å². The number of rotatable bonds is 9. The average Bonchev–Trinajstić information content (AvgIpc) is 2.75. The van der Waals surface area contributed by atoms with Crippen molar-refractivity contribution >= 4 is 5.97 Å². The van der Waals surface area contributed by atoms with Crippen LogP contribution in [0.3, 0.4) is 0 Å². The van der Waals surface area contributed by atoms with E-state index in [1.54, 1.807) is 0 Å². The summed E-state index contributed by atoms with van der Waals surface area (Å²) in [5.41, 5.74) is 1.43. The lowest BCUT2D eigenvalue weighted by molar-refractivity contribution is -0.140.